The second kappa shape index (κ2) is 8.27. The van der Waals surface area contributed by atoms with Crippen LogP contribution in [0.4, 0.5) is 9.59 Å². The van der Waals surface area contributed by atoms with E-state index in [1.165, 1.54) is 11.3 Å². The fraction of sp³-hybridized carbons (Fsp3) is 0.850. The third-order valence-corrected chi connectivity index (χ3v) is 5.82. The van der Waals surface area contributed by atoms with Crippen molar-refractivity contribution >= 4 is 18.0 Å². The third-order valence-electron chi connectivity index (χ3n) is 5.82. The van der Waals surface area contributed by atoms with E-state index in [-0.39, 0.29) is 24.7 Å². The number of ether oxygens (including phenoxy) is 1. The van der Waals surface area contributed by atoms with Crippen LogP contribution in [0.3, 0.4) is 0 Å². The van der Waals surface area contributed by atoms with Crippen molar-refractivity contribution < 1.29 is 19.1 Å². The SMILES string of the molecule is CC(C)(C)OC(=O)N1CCN(CN2C(=O)NC3(CCCCCCC3)C2=O)CC1. The molecular weight excluding hydrogens is 360 g/mol. The number of hydrogen-bond acceptors (Lipinski definition) is 5. The van der Waals surface area contributed by atoms with Crippen molar-refractivity contribution in [1.29, 1.82) is 0 Å². The molecule has 158 valence electrons. The molecule has 8 heteroatoms. The molecule has 0 atom stereocenters. The first-order valence-electron chi connectivity index (χ1n) is 10.5. The summed E-state index contributed by atoms with van der Waals surface area (Å²) in [7, 11) is 0. The molecule has 1 spiro atoms. The average Bonchev–Trinajstić information content (AvgIpc) is 2.82. The first-order chi connectivity index (χ1) is 13.2. The molecule has 0 aromatic heterocycles. The average molecular weight is 395 g/mol. The second-order valence-electron chi connectivity index (χ2n) is 9.24. The van der Waals surface area contributed by atoms with Crippen LogP contribution >= 0.6 is 0 Å². The molecule has 2 aliphatic heterocycles. The van der Waals surface area contributed by atoms with Crippen molar-refractivity contribution in [3.05, 3.63) is 0 Å². The minimum atomic E-state index is -0.699. The monoisotopic (exact) mass is 394 g/mol. The van der Waals surface area contributed by atoms with Gasteiger partial charge in [-0.25, -0.2) is 14.5 Å². The lowest BCUT2D eigenvalue weighted by Crippen LogP contribution is -2.53. The Labute approximate surface area is 167 Å². The smallest absolute Gasteiger partial charge is 0.410 e. The lowest BCUT2D eigenvalue weighted by atomic mass is 9.84. The molecule has 0 bridgehead atoms. The Balaban J connectivity index is 1.54. The van der Waals surface area contributed by atoms with Crippen LogP contribution in [0, 0.1) is 0 Å². The summed E-state index contributed by atoms with van der Waals surface area (Å²) < 4.78 is 5.42. The Bertz CT molecular complexity index is 600. The van der Waals surface area contributed by atoms with Gasteiger partial charge in [0.25, 0.3) is 5.91 Å². The molecule has 0 unspecified atom stereocenters. The van der Waals surface area contributed by atoms with Gasteiger partial charge in [-0.15, -0.1) is 0 Å². The molecule has 0 aromatic carbocycles. The molecule has 3 fully saturated rings. The number of urea groups is 1. The van der Waals surface area contributed by atoms with Gasteiger partial charge in [0.05, 0.1) is 6.67 Å². The summed E-state index contributed by atoms with van der Waals surface area (Å²) in [6.07, 6.45) is 6.58. The summed E-state index contributed by atoms with van der Waals surface area (Å²) in [4.78, 5) is 42.9. The minimum Gasteiger partial charge on any atom is -0.444 e. The predicted molar refractivity (Wildman–Crippen MR) is 105 cm³/mol. The molecular formula is C20H34N4O4. The van der Waals surface area contributed by atoms with Crippen molar-refractivity contribution in [3.63, 3.8) is 0 Å². The van der Waals surface area contributed by atoms with Gasteiger partial charge < -0.3 is 15.0 Å². The highest BCUT2D eigenvalue weighted by Crippen LogP contribution is 2.32. The lowest BCUT2D eigenvalue weighted by Gasteiger charge is -2.36. The number of hydrogen-bond donors (Lipinski definition) is 1. The zero-order valence-corrected chi connectivity index (χ0v) is 17.5. The highest BCUT2D eigenvalue weighted by atomic mass is 16.6. The maximum absolute atomic E-state index is 13.1. The Morgan fingerprint density at radius 3 is 2.14 bits per heavy atom. The molecule has 3 rings (SSSR count). The summed E-state index contributed by atoms with van der Waals surface area (Å²) in [5, 5.41) is 3.01. The molecule has 28 heavy (non-hydrogen) atoms. The van der Waals surface area contributed by atoms with E-state index >= 15 is 0 Å². The summed E-state index contributed by atoms with van der Waals surface area (Å²) in [5.41, 5.74) is -1.21. The predicted octanol–water partition coefficient (Wildman–Crippen LogP) is 2.53. The van der Waals surface area contributed by atoms with Gasteiger partial charge in [-0.3, -0.25) is 9.69 Å². The minimum absolute atomic E-state index is 0.0750. The number of carbonyl (C=O) groups excluding carboxylic acids is 3. The Kier molecular flexibility index (Phi) is 6.17. The molecule has 3 aliphatic rings. The zero-order chi connectivity index (χ0) is 20.4. The number of rotatable bonds is 2. The van der Waals surface area contributed by atoms with Crippen LogP contribution in [0.5, 0.6) is 0 Å². The van der Waals surface area contributed by atoms with Gasteiger partial charge in [-0.2, -0.15) is 0 Å². The van der Waals surface area contributed by atoms with E-state index < -0.39 is 11.1 Å². The molecule has 2 saturated heterocycles. The van der Waals surface area contributed by atoms with Crippen LogP contribution in [-0.4, -0.2) is 76.7 Å². The first-order valence-corrected chi connectivity index (χ1v) is 10.5. The normalized spacial score (nSPS) is 24.1. The molecule has 0 aromatic rings. The molecule has 2 heterocycles. The summed E-state index contributed by atoms with van der Waals surface area (Å²) in [5.74, 6) is -0.0750. The topological polar surface area (TPSA) is 82.2 Å². The van der Waals surface area contributed by atoms with Crippen molar-refractivity contribution in [2.75, 3.05) is 32.8 Å². The van der Waals surface area contributed by atoms with Gasteiger partial charge in [0.2, 0.25) is 0 Å². The van der Waals surface area contributed by atoms with Crippen molar-refractivity contribution in [2.24, 2.45) is 0 Å². The Morgan fingerprint density at radius 1 is 1.00 bits per heavy atom. The van der Waals surface area contributed by atoms with E-state index in [1.54, 1.807) is 4.90 Å². The number of imide groups is 1. The Morgan fingerprint density at radius 2 is 1.57 bits per heavy atom. The third kappa shape index (κ3) is 4.77. The first kappa shape index (κ1) is 20.9. The van der Waals surface area contributed by atoms with Gasteiger partial charge in [0, 0.05) is 26.2 Å². The van der Waals surface area contributed by atoms with E-state index in [4.69, 9.17) is 4.74 Å². The Hall–Kier alpha value is -1.83. The number of carbonyl (C=O) groups is 3. The highest BCUT2D eigenvalue weighted by Gasteiger charge is 2.50. The van der Waals surface area contributed by atoms with Gasteiger partial charge in [-0.05, 0) is 33.6 Å². The van der Waals surface area contributed by atoms with Crippen molar-refractivity contribution in [3.8, 4) is 0 Å². The van der Waals surface area contributed by atoms with Crippen LogP contribution in [0.25, 0.3) is 0 Å². The number of amides is 4. The maximum Gasteiger partial charge on any atom is 0.410 e. The van der Waals surface area contributed by atoms with Gasteiger partial charge >= 0.3 is 12.1 Å². The number of piperazine rings is 1. The van der Waals surface area contributed by atoms with Crippen molar-refractivity contribution in [1.82, 2.24) is 20.0 Å². The number of nitrogens with zero attached hydrogens (tertiary/aromatic N) is 3. The van der Waals surface area contributed by atoms with Crippen LogP contribution in [0.15, 0.2) is 0 Å². The quantitative estimate of drug-likeness (QED) is 0.728. The second-order valence-corrected chi connectivity index (χ2v) is 9.24. The van der Waals surface area contributed by atoms with E-state index in [0.717, 1.165) is 38.5 Å². The standard InChI is InChI=1S/C20H34N4O4/c1-19(2,3)28-18(27)23-13-11-22(12-14-23)15-24-16(25)20(21-17(24)26)9-7-5-4-6-8-10-20/h4-15H2,1-3H3,(H,21,26). The van der Waals surface area contributed by atoms with Crippen LogP contribution in [0.2, 0.25) is 0 Å². The molecule has 1 N–H and O–H groups in total. The molecule has 4 amide bonds. The molecule has 1 saturated carbocycles. The largest absolute Gasteiger partial charge is 0.444 e. The van der Waals surface area contributed by atoms with Crippen LogP contribution in [-0.2, 0) is 9.53 Å². The lowest BCUT2D eigenvalue weighted by molar-refractivity contribution is -0.133. The van der Waals surface area contributed by atoms with E-state index in [0.29, 0.717) is 26.2 Å². The van der Waals surface area contributed by atoms with Gasteiger partial charge in [0.1, 0.15) is 11.1 Å². The van der Waals surface area contributed by atoms with Gasteiger partial charge in [0.15, 0.2) is 0 Å². The molecule has 1 aliphatic carbocycles. The van der Waals surface area contributed by atoms with Gasteiger partial charge in [-0.1, -0.05) is 32.1 Å². The zero-order valence-electron chi connectivity index (χ0n) is 17.5. The van der Waals surface area contributed by atoms with Crippen LogP contribution < -0.4 is 5.32 Å². The van der Waals surface area contributed by atoms with E-state index in [9.17, 15) is 14.4 Å². The summed E-state index contributed by atoms with van der Waals surface area (Å²) >= 11 is 0. The fourth-order valence-corrected chi connectivity index (χ4v) is 4.25. The summed E-state index contributed by atoms with van der Waals surface area (Å²) in [6.45, 7) is 8.13. The molecule has 8 nitrogen and oxygen atoms in total. The molecule has 0 radical (unpaired) electrons. The van der Waals surface area contributed by atoms with E-state index in [2.05, 4.69) is 10.2 Å². The maximum atomic E-state index is 13.1. The fourth-order valence-electron chi connectivity index (χ4n) is 4.25. The highest BCUT2D eigenvalue weighted by molar-refractivity contribution is 6.07. The summed E-state index contributed by atoms with van der Waals surface area (Å²) in [6, 6.07) is -0.278. The number of nitrogens with one attached hydrogen (secondary N) is 1. The van der Waals surface area contributed by atoms with Crippen molar-refractivity contribution in [2.45, 2.75) is 76.9 Å². The van der Waals surface area contributed by atoms with E-state index in [1.807, 2.05) is 20.8 Å². The van der Waals surface area contributed by atoms with Crippen LogP contribution in [0.1, 0.15) is 65.7 Å².